The maximum Gasteiger partial charge on any atom is 0.322 e. The standard InChI is InChI=1S/C28H31Cl2N3O4S/c1-5-13-33(28(35)31-27-21(29)7-6-8-22(27)30)18-26(34)32(17-25-19(2)12-15-38-25)14-11-20-9-10-23(36-3)24(16-20)37-4/h5-10,12,15-16H,1,11,13-14,17-18H2,2-4H3,(H,31,35). The fourth-order valence-corrected chi connectivity index (χ4v) is 5.19. The predicted molar refractivity (Wildman–Crippen MR) is 155 cm³/mol. The van der Waals surface area contributed by atoms with Crippen LogP contribution in [0.15, 0.2) is 60.5 Å². The molecule has 7 nitrogen and oxygen atoms in total. The molecule has 3 aromatic rings. The molecule has 0 bridgehead atoms. The maximum absolute atomic E-state index is 13.6. The number of para-hydroxylation sites is 1. The maximum atomic E-state index is 13.6. The molecule has 0 aliphatic heterocycles. The summed E-state index contributed by atoms with van der Waals surface area (Å²) in [4.78, 5) is 30.9. The van der Waals surface area contributed by atoms with E-state index in [-0.39, 0.29) is 19.0 Å². The minimum Gasteiger partial charge on any atom is -0.493 e. The summed E-state index contributed by atoms with van der Waals surface area (Å²) in [5, 5.41) is 5.34. The van der Waals surface area contributed by atoms with Crippen LogP contribution in [0.1, 0.15) is 16.0 Å². The zero-order valence-electron chi connectivity index (χ0n) is 21.6. The number of benzene rings is 2. The highest BCUT2D eigenvalue weighted by Gasteiger charge is 2.23. The van der Waals surface area contributed by atoms with Crippen LogP contribution in [0.2, 0.25) is 10.0 Å². The number of urea groups is 1. The molecular formula is C28H31Cl2N3O4S. The Morgan fingerprint density at radius 3 is 2.37 bits per heavy atom. The Labute approximate surface area is 237 Å². The van der Waals surface area contributed by atoms with Crippen LogP contribution >= 0.6 is 34.5 Å². The van der Waals surface area contributed by atoms with Gasteiger partial charge in [-0.05, 0) is 60.2 Å². The van der Waals surface area contributed by atoms with Gasteiger partial charge in [0.25, 0.3) is 0 Å². The Balaban J connectivity index is 1.78. The third-order valence-electron chi connectivity index (χ3n) is 5.93. The third kappa shape index (κ3) is 7.66. The van der Waals surface area contributed by atoms with Crippen molar-refractivity contribution in [3.05, 3.63) is 86.5 Å². The molecule has 3 amide bonds. The van der Waals surface area contributed by atoms with E-state index in [4.69, 9.17) is 32.7 Å². The topological polar surface area (TPSA) is 71.1 Å². The summed E-state index contributed by atoms with van der Waals surface area (Å²) in [6.45, 7) is 6.67. The Morgan fingerprint density at radius 2 is 1.76 bits per heavy atom. The fraction of sp³-hybridized carbons (Fsp3) is 0.286. The van der Waals surface area contributed by atoms with Crippen LogP contribution in [0.25, 0.3) is 0 Å². The number of hydrogen-bond acceptors (Lipinski definition) is 5. The molecule has 1 heterocycles. The Bertz CT molecular complexity index is 1260. The van der Waals surface area contributed by atoms with Gasteiger partial charge in [0.05, 0.1) is 36.5 Å². The molecule has 3 rings (SSSR count). The van der Waals surface area contributed by atoms with Gasteiger partial charge < -0.3 is 24.6 Å². The van der Waals surface area contributed by atoms with Crippen molar-refractivity contribution in [2.75, 3.05) is 39.2 Å². The smallest absolute Gasteiger partial charge is 0.322 e. The average Bonchev–Trinajstić information content (AvgIpc) is 3.31. The van der Waals surface area contributed by atoms with E-state index in [0.29, 0.717) is 46.7 Å². The number of nitrogens with one attached hydrogen (secondary N) is 1. The zero-order chi connectivity index (χ0) is 27.7. The Hall–Kier alpha value is -3.20. The molecule has 1 N–H and O–H groups in total. The van der Waals surface area contributed by atoms with Gasteiger partial charge >= 0.3 is 6.03 Å². The summed E-state index contributed by atoms with van der Waals surface area (Å²) in [7, 11) is 3.18. The number of halogens is 2. The lowest BCUT2D eigenvalue weighted by molar-refractivity contribution is -0.132. The van der Waals surface area contributed by atoms with Crippen molar-refractivity contribution in [1.82, 2.24) is 9.80 Å². The highest BCUT2D eigenvalue weighted by Crippen LogP contribution is 2.30. The number of thiophene rings is 1. The molecule has 10 heteroatoms. The molecule has 1 aromatic heterocycles. The van der Waals surface area contributed by atoms with Gasteiger partial charge in [-0.3, -0.25) is 4.79 Å². The summed E-state index contributed by atoms with van der Waals surface area (Å²) in [6.07, 6.45) is 2.16. The molecule has 0 atom stereocenters. The van der Waals surface area contributed by atoms with Crippen molar-refractivity contribution in [3.63, 3.8) is 0 Å². The molecule has 2 aromatic carbocycles. The molecule has 0 spiro atoms. The van der Waals surface area contributed by atoms with Crippen LogP contribution in [-0.2, 0) is 17.8 Å². The molecule has 0 saturated heterocycles. The first-order valence-electron chi connectivity index (χ1n) is 11.9. The number of aryl methyl sites for hydroxylation is 1. The molecule has 0 radical (unpaired) electrons. The number of amides is 3. The van der Waals surface area contributed by atoms with Crippen molar-refractivity contribution in [2.45, 2.75) is 19.9 Å². The van der Waals surface area contributed by atoms with Crippen LogP contribution in [0.5, 0.6) is 11.5 Å². The Kier molecular flexibility index (Phi) is 10.9. The molecule has 38 heavy (non-hydrogen) atoms. The quantitative estimate of drug-likeness (QED) is 0.245. The van der Waals surface area contributed by atoms with E-state index in [2.05, 4.69) is 11.9 Å². The van der Waals surface area contributed by atoms with Gasteiger partial charge in [-0.25, -0.2) is 4.79 Å². The molecule has 0 saturated carbocycles. The van der Waals surface area contributed by atoms with Crippen LogP contribution in [-0.4, -0.2) is 55.6 Å². The SMILES string of the molecule is C=CCN(CC(=O)N(CCc1ccc(OC)c(OC)c1)Cc1sccc1C)C(=O)Nc1c(Cl)cccc1Cl. The van der Waals surface area contributed by atoms with Crippen molar-refractivity contribution in [1.29, 1.82) is 0 Å². The first kappa shape index (κ1) is 29.4. The third-order valence-corrected chi connectivity index (χ3v) is 7.57. The van der Waals surface area contributed by atoms with Gasteiger partial charge in [0.15, 0.2) is 11.5 Å². The van der Waals surface area contributed by atoms with Crippen LogP contribution < -0.4 is 14.8 Å². The summed E-state index contributed by atoms with van der Waals surface area (Å²) in [5.74, 6) is 1.08. The lowest BCUT2D eigenvalue weighted by atomic mass is 10.1. The summed E-state index contributed by atoms with van der Waals surface area (Å²) < 4.78 is 10.7. The highest BCUT2D eigenvalue weighted by molar-refractivity contribution is 7.10. The number of rotatable bonds is 12. The highest BCUT2D eigenvalue weighted by atomic mass is 35.5. The first-order valence-corrected chi connectivity index (χ1v) is 13.5. The first-order chi connectivity index (χ1) is 18.3. The van der Waals surface area contributed by atoms with E-state index in [1.165, 1.54) is 4.90 Å². The minimum absolute atomic E-state index is 0.143. The molecule has 0 aliphatic rings. The van der Waals surface area contributed by atoms with Gasteiger partial charge in [-0.1, -0.05) is 41.4 Å². The predicted octanol–water partition coefficient (Wildman–Crippen LogP) is 6.67. The largest absolute Gasteiger partial charge is 0.493 e. The van der Waals surface area contributed by atoms with Crippen molar-refractivity contribution < 1.29 is 19.1 Å². The van der Waals surface area contributed by atoms with E-state index in [1.54, 1.807) is 54.7 Å². The van der Waals surface area contributed by atoms with E-state index >= 15 is 0 Å². The van der Waals surface area contributed by atoms with E-state index in [1.807, 2.05) is 36.6 Å². The van der Waals surface area contributed by atoms with Crippen LogP contribution in [0.4, 0.5) is 10.5 Å². The number of anilines is 1. The Morgan fingerprint density at radius 1 is 1.05 bits per heavy atom. The van der Waals surface area contributed by atoms with Crippen molar-refractivity contribution in [3.8, 4) is 11.5 Å². The lowest BCUT2D eigenvalue weighted by Crippen LogP contribution is -2.45. The van der Waals surface area contributed by atoms with E-state index in [0.717, 1.165) is 16.0 Å². The van der Waals surface area contributed by atoms with Crippen molar-refractivity contribution in [2.24, 2.45) is 0 Å². The van der Waals surface area contributed by atoms with Gasteiger partial charge in [-0.15, -0.1) is 17.9 Å². The summed E-state index contributed by atoms with van der Waals surface area (Å²) >= 11 is 14.0. The average molecular weight is 577 g/mol. The second-order valence-corrected chi connectivity index (χ2v) is 10.3. The zero-order valence-corrected chi connectivity index (χ0v) is 24.0. The van der Waals surface area contributed by atoms with Crippen LogP contribution in [0, 0.1) is 6.92 Å². The summed E-state index contributed by atoms with van der Waals surface area (Å²) in [6, 6.07) is 12.2. The molecular weight excluding hydrogens is 545 g/mol. The molecule has 0 unspecified atom stereocenters. The molecule has 0 fully saturated rings. The number of hydrogen-bond donors (Lipinski definition) is 1. The van der Waals surface area contributed by atoms with E-state index in [9.17, 15) is 9.59 Å². The van der Waals surface area contributed by atoms with Gasteiger partial charge in [-0.2, -0.15) is 0 Å². The van der Waals surface area contributed by atoms with Gasteiger partial charge in [0, 0.05) is 18.0 Å². The fourth-order valence-electron chi connectivity index (χ4n) is 3.77. The normalized spacial score (nSPS) is 10.6. The van der Waals surface area contributed by atoms with Crippen molar-refractivity contribution >= 4 is 52.2 Å². The number of methoxy groups -OCH3 is 2. The second-order valence-electron chi connectivity index (χ2n) is 8.48. The van der Waals surface area contributed by atoms with Crippen LogP contribution in [0.3, 0.4) is 0 Å². The second kappa shape index (κ2) is 14.1. The van der Waals surface area contributed by atoms with Gasteiger partial charge in [0.1, 0.15) is 6.54 Å². The number of ether oxygens (including phenoxy) is 2. The van der Waals surface area contributed by atoms with E-state index < -0.39 is 6.03 Å². The summed E-state index contributed by atoms with van der Waals surface area (Å²) in [5.41, 5.74) is 2.41. The van der Waals surface area contributed by atoms with Gasteiger partial charge in [0.2, 0.25) is 5.91 Å². The monoisotopic (exact) mass is 575 g/mol. The molecule has 0 aliphatic carbocycles. The number of nitrogens with zero attached hydrogens (tertiary/aromatic N) is 2. The lowest BCUT2D eigenvalue weighted by Gasteiger charge is -2.27. The molecule has 202 valence electrons. The number of carbonyl (C=O) groups excluding carboxylic acids is 2. The number of carbonyl (C=O) groups is 2. The minimum atomic E-state index is -0.500.